The van der Waals surface area contributed by atoms with Gasteiger partial charge in [-0.3, -0.25) is 9.69 Å². The molecule has 0 aliphatic carbocycles. The number of likely N-dealkylation sites (N-methyl/N-ethyl adjacent to an activating group) is 1. The van der Waals surface area contributed by atoms with Crippen molar-refractivity contribution in [2.24, 2.45) is 0 Å². The third-order valence-corrected chi connectivity index (χ3v) is 5.37. The third kappa shape index (κ3) is 5.20. The third-order valence-electron chi connectivity index (χ3n) is 5.37. The zero-order chi connectivity index (χ0) is 20.1. The first-order valence-corrected chi connectivity index (χ1v) is 10.0. The molecule has 6 heteroatoms. The lowest BCUT2D eigenvalue weighted by atomic mass is 10.2. The molecule has 2 aromatic rings. The Morgan fingerprint density at radius 1 is 1.07 bits per heavy atom. The summed E-state index contributed by atoms with van der Waals surface area (Å²) >= 11 is 0. The van der Waals surface area contributed by atoms with Gasteiger partial charge in [-0.1, -0.05) is 19.1 Å². The molecular weight excluding hydrogens is 357 g/mol. The van der Waals surface area contributed by atoms with Gasteiger partial charge in [0.1, 0.15) is 11.6 Å². The molecular formula is C22H30FN3O2. The molecule has 0 saturated carbocycles. The van der Waals surface area contributed by atoms with E-state index in [9.17, 15) is 9.18 Å². The van der Waals surface area contributed by atoms with E-state index in [4.69, 9.17) is 4.42 Å². The van der Waals surface area contributed by atoms with E-state index in [2.05, 4.69) is 30.6 Å². The highest BCUT2D eigenvalue weighted by molar-refractivity contribution is 5.91. The molecule has 28 heavy (non-hydrogen) atoms. The molecule has 1 aromatic carbocycles. The number of benzene rings is 1. The van der Waals surface area contributed by atoms with Gasteiger partial charge < -0.3 is 14.2 Å². The lowest BCUT2D eigenvalue weighted by Crippen LogP contribution is -2.48. The average Bonchev–Trinajstić information content (AvgIpc) is 3.17. The fourth-order valence-corrected chi connectivity index (χ4v) is 3.45. The first-order chi connectivity index (χ1) is 13.5. The molecule has 3 rings (SSSR count). The van der Waals surface area contributed by atoms with Gasteiger partial charge in [-0.15, -0.1) is 0 Å². The van der Waals surface area contributed by atoms with Crippen LogP contribution in [0.2, 0.25) is 0 Å². The molecule has 0 spiro atoms. The van der Waals surface area contributed by atoms with E-state index in [0.717, 1.165) is 44.0 Å². The Bertz CT molecular complexity index is 764. The van der Waals surface area contributed by atoms with Gasteiger partial charge in [-0.25, -0.2) is 4.39 Å². The molecule has 1 aliphatic heterocycles. The summed E-state index contributed by atoms with van der Waals surface area (Å²) in [5, 5.41) is 0. The van der Waals surface area contributed by atoms with Crippen molar-refractivity contribution in [3.63, 3.8) is 0 Å². The van der Waals surface area contributed by atoms with Gasteiger partial charge in [-0.2, -0.15) is 0 Å². The minimum absolute atomic E-state index is 0.0309. The van der Waals surface area contributed by atoms with Gasteiger partial charge in [0.25, 0.3) is 5.91 Å². The molecule has 5 nitrogen and oxygen atoms in total. The number of piperazine rings is 1. The first kappa shape index (κ1) is 20.6. The Hall–Kier alpha value is -2.18. The standard InChI is InChI=1S/C22H30FN3O2/c1-4-24-11-13-25(14-12-24)22(27)21-10-9-20(28-21)16-26(17(2)3)15-18-5-7-19(23)8-6-18/h5-10,17H,4,11-16H2,1-3H3. The number of nitrogens with zero attached hydrogens (tertiary/aromatic N) is 3. The minimum Gasteiger partial charge on any atom is -0.455 e. The number of halogens is 1. The maximum atomic E-state index is 13.1. The number of hydrogen-bond donors (Lipinski definition) is 0. The van der Waals surface area contributed by atoms with Crippen LogP contribution in [0.4, 0.5) is 4.39 Å². The summed E-state index contributed by atoms with van der Waals surface area (Å²) in [6.07, 6.45) is 0. The van der Waals surface area contributed by atoms with E-state index < -0.39 is 0 Å². The summed E-state index contributed by atoms with van der Waals surface area (Å²) in [6, 6.07) is 10.5. The van der Waals surface area contributed by atoms with Crippen LogP contribution in [-0.4, -0.2) is 59.4 Å². The smallest absolute Gasteiger partial charge is 0.289 e. The SMILES string of the molecule is CCN1CCN(C(=O)c2ccc(CN(Cc3ccc(F)cc3)C(C)C)o2)CC1. The van der Waals surface area contributed by atoms with Crippen LogP contribution in [-0.2, 0) is 13.1 Å². The van der Waals surface area contributed by atoms with E-state index in [0.29, 0.717) is 18.8 Å². The Morgan fingerprint density at radius 2 is 1.75 bits per heavy atom. The average molecular weight is 387 g/mol. The summed E-state index contributed by atoms with van der Waals surface area (Å²) < 4.78 is 19.0. The Balaban J connectivity index is 1.61. The van der Waals surface area contributed by atoms with E-state index in [1.54, 1.807) is 18.2 Å². The molecule has 0 unspecified atom stereocenters. The molecule has 1 saturated heterocycles. The predicted molar refractivity (Wildman–Crippen MR) is 108 cm³/mol. The molecule has 0 atom stereocenters. The summed E-state index contributed by atoms with van der Waals surface area (Å²) in [4.78, 5) is 19.2. The van der Waals surface area contributed by atoms with Gasteiger partial charge in [0.05, 0.1) is 6.54 Å². The molecule has 1 aliphatic rings. The number of amides is 1. The number of rotatable bonds is 7. The molecule has 0 radical (unpaired) electrons. The quantitative estimate of drug-likeness (QED) is 0.728. The molecule has 2 heterocycles. The highest BCUT2D eigenvalue weighted by atomic mass is 19.1. The van der Waals surface area contributed by atoms with Crippen LogP contribution in [0.1, 0.15) is 42.6 Å². The number of hydrogen-bond acceptors (Lipinski definition) is 4. The number of carbonyl (C=O) groups excluding carboxylic acids is 1. The van der Waals surface area contributed by atoms with Gasteiger partial charge in [0.2, 0.25) is 0 Å². The van der Waals surface area contributed by atoms with Crippen molar-refractivity contribution < 1.29 is 13.6 Å². The lowest BCUT2D eigenvalue weighted by molar-refractivity contribution is 0.0608. The van der Waals surface area contributed by atoms with E-state index in [1.807, 2.05) is 11.0 Å². The summed E-state index contributed by atoms with van der Waals surface area (Å²) in [5.41, 5.74) is 1.05. The lowest BCUT2D eigenvalue weighted by Gasteiger charge is -2.33. The van der Waals surface area contributed by atoms with Crippen LogP contribution in [0.15, 0.2) is 40.8 Å². The summed E-state index contributed by atoms with van der Waals surface area (Å²) in [7, 11) is 0. The highest BCUT2D eigenvalue weighted by Gasteiger charge is 2.24. The number of furan rings is 1. The molecule has 1 fully saturated rings. The largest absolute Gasteiger partial charge is 0.455 e. The zero-order valence-corrected chi connectivity index (χ0v) is 17.0. The van der Waals surface area contributed by atoms with Crippen molar-refractivity contribution in [2.75, 3.05) is 32.7 Å². The van der Waals surface area contributed by atoms with Crippen LogP contribution in [0.5, 0.6) is 0 Å². The van der Waals surface area contributed by atoms with Crippen LogP contribution in [0, 0.1) is 5.82 Å². The first-order valence-electron chi connectivity index (χ1n) is 10.0. The second-order valence-electron chi connectivity index (χ2n) is 7.62. The minimum atomic E-state index is -0.228. The van der Waals surface area contributed by atoms with Gasteiger partial charge >= 0.3 is 0 Å². The van der Waals surface area contributed by atoms with Crippen molar-refractivity contribution in [3.8, 4) is 0 Å². The molecule has 0 N–H and O–H groups in total. The zero-order valence-electron chi connectivity index (χ0n) is 17.0. The van der Waals surface area contributed by atoms with Crippen molar-refractivity contribution in [1.29, 1.82) is 0 Å². The van der Waals surface area contributed by atoms with Crippen molar-refractivity contribution in [2.45, 2.75) is 39.9 Å². The molecule has 0 bridgehead atoms. The topological polar surface area (TPSA) is 39.9 Å². The van der Waals surface area contributed by atoms with Gasteiger partial charge in [0.15, 0.2) is 5.76 Å². The maximum absolute atomic E-state index is 13.1. The highest BCUT2D eigenvalue weighted by Crippen LogP contribution is 2.18. The molecule has 152 valence electrons. The maximum Gasteiger partial charge on any atom is 0.289 e. The van der Waals surface area contributed by atoms with E-state index >= 15 is 0 Å². The van der Waals surface area contributed by atoms with Crippen molar-refractivity contribution in [1.82, 2.24) is 14.7 Å². The molecule has 1 amide bonds. The second kappa shape index (κ2) is 9.34. The summed E-state index contributed by atoms with van der Waals surface area (Å²) in [6.45, 7) is 12.0. The van der Waals surface area contributed by atoms with Crippen LogP contribution in [0.25, 0.3) is 0 Å². The summed E-state index contributed by atoms with van der Waals surface area (Å²) in [5.74, 6) is 0.919. The van der Waals surface area contributed by atoms with Crippen molar-refractivity contribution >= 4 is 5.91 Å². The number of carbonyl (C=O) groups is 1. The monoisotopic (exact) mass is 387 g/mol. The van der Waals surface area contributed by atoms with Crippen LogP contribution in [0.3, 0.4) is 0 Å². The van der Waals surface area contributed by atoms with E-state index in [1.165, 1.54) is 12.1 Å². The normalized spacial score (nSPS) is 15.6. The van der Waals surface area contributed by atoms with Gasteiger partial charge in [-0.05, 0) is 50.2 Å². The Labute approximate surface area is 166 Å². The fraction of sp³-hybridized carbons (Fsp3) is 0.500. The van der Waals surface area contributed by atoms with Crippen LogP contribution >= 0.6 is 0 Å². The molecule has 1 aromatic heterocycles. The van der Waals surface area contributed by atoms with Gasteiger partial charge in [0, 0.05) is 38.8 Å². The predicted octanol–water partition coefficient (Wildman–Crippen LogP) is 3.61. The second-order valence-corrected chi connectivity index (χ2v) is 7.62. The van der Waals surface area contributed by atoms with Crippen LogP contribution < -0.4 is 0 Å². The Kier molecular flexibility index (Phi) is 6.86. The van der Waals surface area contributed by atoms with Crippen molar-refractivity contribution in [3.05, 3.63) is 59.3 Å². The Morgan fingerprint density at radius 3 is 2.36 bits per heavy atom. The fourth-order valence-electron chi connectivity index (χ4n) is 3.45. The van der Waals surface area contributed by atoms with E-state index in [-0.39, 0.29) is 17.8 Å².